The van der Waals surface area contributed by atoms with Crippen LogP contribution in [-0.2, 0) is 6.42 Å². The van der Waals surface area contributed by atoms with Crippen molar-refractivity contribution in [2.75, 3.05) is 0 Å². The topological polar surface area (TPSA) is 28.9 Å². The molecule has 85 heavy (non-hydrogen) atoms. The van der Waals surface area contributed by atoms with E-state index >= 15 is 0 Å². The van der Waals surface area contributed by atoms with Crippen molar-refractivity contribution in [3.05, 3.63) is 296 Å². The number of para-hydroxylation sites is 8. The lowest BCUT2D eigenvalue weighted by Gasteiger charge is -2.34. The van der Waals surface area contributed by atoms with E-state index in [2.05, 4.69) is 303 Å². The highest BCUT2D eigenvalue weighted by Gasteiger charge is 2.39. The Kier molecular flexibility index (Phi) is 9.70. The molecule has 6 heterocycles. The van der Waals surface area contributed by atoms with Crippen LogP contribution in [0.1, 0.15) is 11.1 Å². The summed E-state index contributed by atoms with van der Waals surface area (Å²) in [6.07, 6.45) is 0.843. The van der Waals surface area contributed by atoms with Crippen molar-refractivity contribution in [2.24, 2.45) is 0 Å². The Hall–Kier alpha value is -11.1. The van der Waals surface area contributed by atoms with Crippen molar-refractivity contribution in [3.63, 3.8) is 0 Å². The number of ether oxygens (including phenoxy) is 1. The number of benzene rings is 13. The summed E-state index contributed by atoms with van der Waals surface area (Å²) in [6.45, 7) is 0.112. The smallest absolute Gasteiger partial charge is 0.251 e. The third kappa shape index (κ3) is 6.59. The van der Waals surface area contributed by atoms with Gasteiger partial charge in [0.05, 0.1) is 61.2 Å². The van der Waals surface area contributed by atoms with Gasteiger partial charge < -0.3 is 23.0 Å². The molecular formula is C79H49BN4O. The van der Waals surface area contributed by atoms with Gasteiger partial charge in [0.25, 0.3) is 6.71 Å². The molecular weight excluding hydrogens is 1030 g/mol. The van der Waals surface area contributed by atoms with Crippen molar-refractivity contribution in [1.29, 1.82) is 0 Å². The Morgan fingerprint density at radius 1 is 0.282 bits per heavy atom. The molecule has 0 fully saturated rings. The summed E-state index contributed by atoms with van der Waals surface area (Å²) in [5, 5.41) is 9.77. The largest absolute Gasteiger partial charge is 0.458 e. The highest BCUT2D eigenvalue weighted by atomic mass is 16.5. The standard InChI is InChI=1S/C79H49BN4O/c1-9-29-64-50(20-1)44-51-45-53(48-77-79(51)80(64)65-30-10-18-39-76(65)85-77)82-72-37-17-8-27-62(72)78-54(28-19-38-74(78)82)49-40-42-61(59-25-6-15-35-70(59)83-68-33-13-4-23-57(68)58-24-5-14-34-69(58)83)75(46-49)84-71-36-16-7-26-60(71)63-47-52(41-43-73(63)84)81-66-31-11-2-21-55(66)56-22-3-12-32-67(56)81/h1-43,45-48H,44H2. The fourth-order valence-corrected chi connectivity index (χ4v) is 15.2. The number of nitrogens with zero attached hydrogens (tertiary/aromatic N) is 4. The maximum atomic E-state index is 6.97. The molecule has 13 aromatic carbocycles. The van der Waals surface area contributed by atoms with E-state index in [0.717, 1.165) is 79.4 Å². The van der Waals surface area contributed by atoms with E-state index in [1.54, 1.807) is 0 Å². The van der Waals surface area contributed by atoms with Crippen LogP contribution < -0.4 is 21.1 Å². The number of fused-ring (bicyclic) bond motifs is 16. The van der Waals surface area contributed by atoms with Crippen LogP contribution in [0.15, 0.2) is 285 Å². The van der Waals surface area contributed by atoms with Gasteiger partial charge in [-0.25, -0.2) is 0 Å². The van der Waals surface area contributed by atoms with Gasteiger partial charge in [-0.1, -0.05) is 200 Å². The molecule has 0 atom stereocenters. The summed E-state index contributed by atoms with van der Waals surface area (Å²) in [7, 11) is 0. The van der Waals surface area contributed by atoms with Crippen molar-refractivity contribution >= 4 is 110 Å². The summed E-state index contributed by atoms with van der Waals surface area (Å²) < 4.78 is 16.9. The minimum Gasteiger partial charge on any atom is -0.458 e. The van der Waals surface area contributed by atoms with Crippen molar-refractivity contribution in [1.82, 2.24) is 18.3 Å². The summed E-state index contributed by atoms with van der Waals surface area (Å²) in [4.78, 5) is 0. The molecule has 0 saturated heterocycles. The first kappa shape index (κ1) is 46.5. The highest BCUT2D eigenvalue weighted by Crippen LogP contribution is 2.46. The van der Waals surface area contributed by atoms with Crippen LogP contribution in [0, 0.1) is 0 Å². The second-order valence-corrected chi connectivity index (χ2v) is 23.1. The molecule has 0 amide bonds. The molecule has 4 aromatic heterocycles. The quantitative estimate of drug-likeness (QED) is 0.153. The summed E-state index contributed by atoms with van der Waals surface area (Å²) in [5.41, 5.74) is 24.9. The molecule has 0 unspecified atom stereocenters. The lowest BCUT2D eigenvalue weighted by Crippen LogP contribution is -2.59. The summed E-state index contributed by atoms with van der Waals surface area (Å²) >= 11 is 0. The first-order valence-corrected chi connectivity index (χ1v) is 29.5. The van der Waals surface area contributed by atoms with E-state index < -0.39 is 0 Å². The van der Waals surface area contributed by atoms with Crippen LogP contribution >= 0.6 is 0 Å². The minimum atomic E-state index is 0.112. The van der Waals surface area contributed by atoms with Crippen molar-refractivity contribution < 1.29 is 4.74 Å². The molecule has 0 saturated carbocycles. The van der Waals surface area contributed by atoms with E-state index in [-0.39, 0.29) is 6.71 Å². The molecule has 394 valence electrons. The van der Waals surface area contributed by atoms with Gasteiger partial charge in [0.1, 0.15) is 11.5 Å². The molecule has 2 aliphatic heterocycles. The second-order valence-electron chi connectivity index (χ2n) is 23.1. The van der Waals surface area contributed by atoms with E-state index in [0.29, 0.717) is 0 Å². The molecule has 0 radical (unpaired) electrons. The minimum absolute atomic E-state index is 0.112. The number of hydrogen-bond acceptors (Lipinski definition) is 1. The molecule has 2 aliphatic rings. The maximum absolute atomic E-state index is 6.97. The SMILES string of the molecule is c1ccc2c(c1)Cc1cc(-n3c4ccccc4c4c(-c5ccc(-c6ccccc6-n6c7ccccc7c7ccccc76)c(-n6c7ccccc7c7cc(-n8c9ccccc9c9ccccc98)ccc76)c5)cccc43)cc3c1B2c1ccccc1O3. The van der Waals surface area contributed by atoms with Gasteiger partial charge in [0, 0.05) is 66.0 Å². The zero-order valence-corrected chi connectivity index (χ0v) is 46.1. The normalized spacial score (nSPS) is 12.7. The van der Waals surface area contributed by atoms with Gasteiger partial charge in [0.2, 0.25) is 0 Å². The number of hydrogen-bond donors (Lipinski definition) is 0. The van der Waals surface area contributed by atoms with Gasteiger partial charge in [-0.3, -0.25) is 0 Å². The average Bonchev–Trinajstić information content (AvgIpc) is 2.55. The van der Waals surface area contributed by atoms with E-state index in [4.69, 9.17) is 4.74 Å². The van der Waals surface area contributed by atoms with Crippen LogP contribution in [0.4, 0.5) is 0 Å². The fraction of sp³-hybridized carbons (Fsp3) is 0.0127. The summed E-state index contributed by atoms with van der Waals surface area (Å²) in [5.74, 6) is 1.86. The Balaban J connectivity index is 0.860. The van der Waals surface area contributed by atoms with E-state index in [1.807, 2.05) is 0 Å². The van der Waals surface area contributed by atoms with Crippen molar-refractivity contribution in [3.8, 4) is 56.5 Å². The van der Waals surface area contributed by atoms with E-state index in [9.17, 15) is 0 Å². The second kappa shape index (κ2) is 17.7. The number of aromatic nitrogens is 4. The van der Waals surface area contributed by atoms with Gasteiger partial charge >= 0.3 is 0 Å². The molecule has 19 rings (SSSR count). The average molecular weight is 1080 g/mol. The Labute approximate surface area is 489 Å². The predicted octanol–water partition coefficient (Wildman–Crippen LogP) is 17.9. The lowest BCUT2D eigenvalue weighted by molar-refractivity contribution is 0.486. The molecule has 5 nitrogen and oxygen atoms in total. The van der Waals surface area contributed by atoms with Crippen LogP contribution in [0.3, 0.4) is 0 Å². The van der Waals surface area contributed by atoms with Crippen molar-refractivity contribution in [2.45, 2.75) is 6.42 Å². The Morgan fingerprint density at radius 3 is 1.47 bits per heavy atom. The molecule has 6 heteroatoms. The number of rotatable bonds is 6. The highest BCUT2D eigenvalue weighted by molar-refractivity contribution is 6.97. The third-order valence-electron chi connectivity index (χ3n) is 18.7. The Bertz CT molecular complexity index is 5540. The fourth-order valence-electron chi connectivity index (χ4n) is 15.2. The van der Waals surface area contributed by atoms with Crippen LogP contribution in [0.5, 0.6) is 11.5 Å². The molecule has 0 spiro atoms. The molecule has 0 bridgehead atoms. The predicted molar refractivity (Wildman–Crippen MR) is 355 cm³/mol. The maximum Gasteiger partial charge on any atom is 0.251 e. The Morgan fingerprint density at radius 2 is 0.776 bits per heavy atom. The van der Waals surface area contributed by atoms with Crippen LogP contribution in [-0.4, -0.2) is 25.0 Å². The first-order valence-electron chi connectivity index (χ1n) is 29.5. The zero-order chi connectivity index (χ0) is 55.4. The zero-order valence-electron chi connectivity index (χ0n) is 46.1. The van der Waals surface area contributed by atoms with E-state index in [1.165, 1.54) is 98.2 Å². The lowest BCUT2D eigenvalue weighted by atomic mass is 9.32. The van der Waals surface area contributed by atoms with Crippen LogP contribution in [0.25, 0.3) is 132 Å². The van der Waals surface area contributed by atoms with Gasteiger partial charge in [-0.2, -0.15) is 0 Å². The van der Waals surface area contributed by atoms with Crippen LogP contribution in [0.2, 0.25) is 0 Å². The van der Waals surface area contributed by atoms with Gasteiger partial charge in [-0.05, 0) is 125 Å². The molecule has 0 N–H and O–H groups in total. The molecule has 0 aliphatic carbocycles. The monoisotopic (exact) mass is 1080 g/mol. The van der Waals surface area contributed by atoms with Gasteiger partial charge in [0.15, 0.2) is 0 Å². The molecule has 17 aromatic rings. The summed E-state index contributed by atoms with van der Waals surface area (Å²) in [6, 6.07) is 106. The third-order valence-corrected chi connectivity index (χ3v) is 18.7. The first-order chi connectivity index (χ1) is 42.2. The van der Waals surface area contributed by atoms with Gasteiger partial charge in [-0.15, -0.1) is 0 Å².